The van der Waals surface area contributed by atoms with Crippen LogP contribution in [0.4, 0.5) is 0 Å². The molecule has 0 amide bonds. The van der Waals surface area contributed by atoms with Gasteiger partial charge < -0.3 is 0 Å². The van der Waals surface area contributed by atoms with Crippen molar-refractivity contribution in [1.29, 1.82) is 0 Å². The molecule has 0 fully saturated rings. The zero-order valence-corrected chi connectivity index (χ0v) is 68.3. The van der Waals surface area contributed by atoms with Gasteiger partial charge in [-0.1, -0.05) is 400 Å². The average molecular weight is 1580 g/mol. The third-order valence-corrected chi connectivity index (χ3v) is 29.6. The maximum Gasteiger partial charge on any atom is -0.000717 e. The Balaban J connectivity index is 0.690. The van der Waals surface area contributed by atoms with Crippen molar-refractivity contribution >= 4 is 259 Å². The molecule has 0 saturated heterocycles. The highest BCUT2D eigenvalue weighted by Crippen LogP contribution is 2.62. The first-order valence-electron chi connectivity index (χ1n) is 44.3. The topological polar surface area (TPSA) is 0 Å². The first-order chi connectivity index (χ1) is 62.7. The fourth-order valence-corrected chi connectivity index (χ4v) is 25.1. The van der Waals surface area contributed by atoms with Gasteiger partial charge in [0, 0.05) is 0 Å². The van der Waals surface area contributed by atoms with E-state index in [2.05, 4.69) is 413 Å². The summed E-state index contributed by atoms with van der Waals surface area (Å²) >= 11 is 0. The smallest absolute Gasteiger partial charge is 0.000717 e. The van der Waals surface area contributed by atoms with Crippen molar-refractivity contribution in [3.8, 4) is 55.6 Å². The zero-order chi connectivity index (χ0) is 81.6. The van der Waals surface area contributed by atoms with Crippen LogP contribution in [0.5, 0.6) is 0 Å². The average Bonchev–Trinajstić information content (AvgIpc) is 0.655. The first-order valence-corrected chi connectivity index (χ1v) is 44.3. The Hall–Kier alpha value is -16.4. The Morgan fingerprint density at radius 3 is 0.389 bits per heavy atom. The SMILES string of the molecule is c1ccc2c(-c3c4ccccc4c(-c4c5ccccc5c(-c5c6ccccc6c6c7c5cccc7c5ccc7c8ccc9c%10cccc%11c(-c%12c%13ccccc%13c(-c%13c%14ccccc%14cc%14ccccc%13%14)c%13ccccc%12%13)c%12ccccc%12c(c%11%10)c%10c%11ccccc%11c(c8c9%10)c8c9ccccc9c6c5c78)c5ccccc45)c4ccccc34)c3ccccc3cc2c1. The molecule has 0 aliphatic rings. The van der Waals surface area contributed by atoms with E-state index in [-0.39, 0.29) is 0 Å². The number of benzene rings is 30. The molecule has 0 saturated carbocycles. The lowest BCUT2D eigenvalue weighted by molar-refractivity contribution is 1.70. The summed E-state index contributed by atoms with van der Waals surface area (Å²) in [4.78, 5) is 0. The lowest BCUT2D eigenvalue weighted by Gasteiger charge is -2.27. The van der Waals surface area contributed by atoms with E-state index in [1.165, 1.54) is 314 Å². The molecule has 0 unspecified atom stereocenters. The molecule has 0 radical (unpaired) electrons. The van der Waals surface area contributed by atoms with E-state index in [0.29, 0.717) is 0 Å². The summed E-state index contributed by atoms with van der Waals surface area (Å²) in [6.07, 6.45) is 0. The molecule has 0 heteroatoms. The minimum Gasteiger partial charge on any atom is -0.0616 e. The van der Waals surface area contributed by atoms with Gasteiger partial charge in [-0.05, 0) is 326 Å². The van der Waals surface area contributed by atoms with Gasteiger partial charge in [-0.2, -0.15) is 0 Å². The molecular formula is C126H68. The Morgan fingerprint density at radius 1 is 0.0714 bits per heavy atom. The van der Waals surface area contributed by atoms with Gasteiger partial charge in [-0.25, -0.2) is 0 Å². The van der Waals surface area contributed by atoms with Gasteiger partial charge >= 0.3 is 0 Å². The summed E-state index contributed by atoms with van der Waals surface area (Å²) < 4.78 is 0. The van der Waals surface area contributed by atoms with Crippen molar-refractivity contribution < 1.29 is 0 Å². The zero-order valence-electron chi connectivity index (χ0n) is 68.3. The van der Waals surface area contributed by atoms with E-state index >= 15 is 0 Å². The van der Waals surface area contributed by atoms with Crippen LogP contribution in [0.3, 0.4) is 0 Å². The second kappa shape index (κ2) is 24.7. The van der Waals surface area contributed by atoms with Crippen LogP contribution in [0, 0.1) is 0 Å². The monoisotopic (exact) mass is 1580 g/mol. The fourth-order valence-electron chi connectivity index (χ4n) is 25.1. The van der Waals surface area contributed by atoms with Crippen LogP contribution in [0.25, 0.3) is 314 Å². The molecule has 0 nitrogen and oxygen atoms in total. The number of rotatable bonds is 5. The standard InChI is InChI=1S/C126H68/c1-5-35-73-69(31-1)67-70-32-2-6-36-74(70)105(73)107-77-39-9-13-43-81(77)109(82-44-14-10-40-78(82)107)110-83-45-15-19-49-87(83)112(88-50-20-16-46-84(88)110)114-90-52-22-24-54-94(90)118-116-92(60-30-62-104(114)116)100-64-66-102-101-65-63-99-91-59-29-61-103-113(111-85-47-17-11-41-79(85)108(80-42-12-18-48-86(80)111)106-75-37-7-3-33-71(75)68-72-34-4-8-38-76(72)106)89-51-21-23-53-93(89)117(115(91)103)119-95-55-25-27-57-97(95)121(125(101)123(99)119)122-98-58-28-26-56-96(98)120(118)124(100)126(102)122/h1-68H. The summed E-state index contributed by atoms with van der Waals surface area (Å²) in [5.74, 6) is 0. The number of hydrogen-bond acceptors (Lipinski definition) is 0. The second-order valence-electron chi connectivity index (χ2n) is 35.4. The normalized spacial score (nSPS) is 12.6. The third kappa shape index (κ3) is 8.49. The van der Waals surface area contributed by atoms with Gasteiger partial charge in [0.1, 0.15) is 0 Å². The van der Waals surface area contributed by atoms with Gasteiger partial charge in [-0.3, -0.25) is 0 Å². The Kier molecular flexibility index (Phi) is 13.2. The highest BCUT2D eigenvalue weighted by molar-refractivity contribution is 6.57. The summed E-state index contributed by atoms with van der Waals surface area (Å²) in [6.45, 7) is 0. The van der Waals surface area contributed by atoms with E-state index in [4.69, 9.17) is 0 Å². The van der Waals surface area contributed by atoms with Crippen LogP contribution in [-0.4, -0.2) is 0 Å². The van der Waals surface area contributed by atoms with Gasteiger partial charge in [0.2, 0.25) is 0 Å². The van der Waals surface area contributed by atoms with Crippen molar-refractivity contribution in [2.24, 2.45) is 0 Å². The van der Waals surface area contributed by atoms with Crippen molar-refractivity contribution in [3.05, 3.63) is 413 Å². The molecule has 0 bridgehead atoms. The lowest BCUT2D eigenvalue weighted by atomic mass is 9.75. The van der Waals surface area contributed by atoms with Gasteiger partial charge in [0.05, 0.1) is 0 Å². The number of hydrogen-bond donors (Lipinski definition) is 0. The summed E-state index contributed by atoms with van der Waals surface area (Å²) in [5, 5.41) is 61.0. The first kappa shape index (κ1) is 67.3. The van der Waals surface area contributed by atoms with Crippen molar-refractivity contribution in [2.45, 2.75) is 0 Å². The van der Waals surface area contributed by atoms with Crippen LogP contribution >= 0.6 is 0 Å². The highest BCUT2D eigenvalue weighted by Gasteiger charge is 2.33. The quantitative estimate of drug-likeness (QED) is 0.119. The molecule has 0 aliphatic carbocycles. The van der Waals surface area contributed by atoms with Crippen molar-refractivity contribution in [1.82, 2.24) is 0 Å². The third-order valence-electron chi connectivity index (χ3n) is 29.6. The maximum atomic E-state index is 2.52. The summed E-state index contributed by atoms with van der Waals surface area (Å²) in [7, 11) is 0. The molecule has 0 atom stereocenters. The van der Waals surface area contributed by atoms with Gasteiger partial charge in [-0.15, -0.1) is 0 Å². The predicted octanol–water partition coefficient (Wildman–Crippen LogP) is 36.0. The van der Waals surface area contributed by atoms with Gasteiger partial charge in [0.15, 0.2) is 0 Å². The molecule has 0 spiro atoms. The fraction of sp³-hybridized carbons (Fsp3) is 0. The largest absolute Gasteiger partial charge is 0.0616 e. The molecule has 572 valence electrons. The molecule has 0 heterocycles. The van der Waals surface area contributed by atoms with E-state index in [1.807, 2.05) is 0 Å². The summed E-state index contributed by atoms with van der Waals surface area (Å²) in [6, 6.07) is 159. The number of fused-ring (bicyclic) bond motifs is 26. The Morgan fingerprint density at radius 2 is 0.183 bits per heavy atom. The van der Waals surface area contributed by atoms with E-state index in [9.17, 15) is 0 Å². The minimum absolute atomic E-state index is 1.23. The molecule has 30 aromatic carbocycles. The van der Waals surface area contributed by atoms with Crippen LogP contribution < -0.4 is 0 Å². The lowest BCUT2D eigenvalue weighted by Crippen LogP contribution is -1.98. The molecule has 30 aromatic rings. The van der Waals surface area contributed by atoms with Crippen molar-refractivity contribution in [2.75, 3.05) is 0 Å². The Labute approximate surface area is 721 Å². The predicted molar refractivity (Wildman–Crippen MR) is 547 cm³/mol. The van der Waals surface area contributed by atoms with Crippen LogP contribution in [0.2, 0.25) is 0 Å². The van der Waals surface area contributed by atoms with Crippen molar-refractivity contribution in [3.63, 3.8) is 0 Å². The van der Waals surface area contributed by atoms with E-state index < -0.39 is 0 Å². The van der Waals surface area contributed by atoms with E-state index in [0.717, 1.165) is 0 Å². The van der Waals surface area contributed by atoms with Crippen LogP contribution in [-0.2, 0) is 0 Å². The minimum atomic E-state index is 1.23. The molecule has 0 aliphatic heterocycles. The van der Waals surface area contributed by atoms with Crippen LogP contribution in [0.15, 0.2) is 413 Å². The van der Waals surface area contributed by atoms with E-state index in [1.54, 1.807) is 0 Å². The molecular weight excluding hydrogens is 1510 g/mol. The van der Waals surface area contributed by atoms with Gasteiger partial charge in [0.25, 0.3) is 0 Å². The molecule has 0 aromatic heterocycles. The van der Waals surface area contributed by atoms with Crippen LogP contribution in [0.1, 0.15) is 0 Å². The highest BCUT2D eigenvalue weighted by atomic mass is 14.4. The Bertz CT molecular complexity index is 9920. The maximum absolute atomic E-state index is 2.52. The second-order valence-corrected chi connectivity index (χ2v) is 35.4. The molecule has 126 heavy (non-hydrogen) atoms. The molecule has 0 N–H and O–H groups in total. The summed E-state index contributed by atoms with van der Waals surface area (Å²) in [5.41, 5.74) is 12.7. The molecule has 30 rings (SSSR count).